The summed E-state index contributed by atoms with van der Waals surface area (Å²) in [5, 5.41) is 0. The Balaban J connectivity index is -0.0000000267. The fourth-order valence-electron chi connectivity index (χ4n) is 0. The van der Waals surface area contributed by atoms with Gasteiger partial charge in [0.15, 0.2) is 0 Å². The van der Waals surface area contributed by atoms with E-state index in [4.69, 9.17) is 38.4 Å². The van der Waals surface area contributed by atoms with Crippen LogP contribution >= 0.6 is 0 Å². The number of hydrogen-bond acceptors (Lipinski definition) is 8. The summed E-state index contributed by atoms with van der Waals surface area (Å²) in [5.41, 5.74) is 0. The Morgan fingerprint density at radius 3 is 0.769 bits per heavy atom. The summed E-state index contributed by atoms with van der Waals surface area (Å²) in [5.74, 6) is 0. The van der Waals surface area contributed by atoms with Gasteiger partial charge in [0.05, 0.1) is 0 Å². The van der Waals surface area contributed by atoms with Gasteiger partial charge in [0.2, 0.25) is 0 Å². The first kappa shape index (κ1) is 29.6. The summed E-state index contributed by atoms with van der Waals surface area (Å²) in [6.07, 6.45) is 0. The van der Waals surface area contributed by atoms with Crippen molar-refractivity contribution in [2.75, 3.05) is 0 Å². The summed E-state index contributed by atoms with van der Waals surface area (Å²) < 4.78 is 0. The fourth-order valence-corrected chi connectivity index (χ4v) is 0. The molecule has 0 spiro atoms. The molecule has 0 atom stereocenters. The Kier molecular flexibility index (Phi) is 29.0. The van der Waals surface area contributed by atoms with Crippen molar-refractivity contribution in [2.45, 2.75) is 0 Å². The van der Waals surface area contributed by atoms with Gasteiger partial charge in [-0.3, -0.25) is 0 Å². The van der Waals surface area contributed by atoms with Crippen molar-refractivity contribution in [2.24, 2.45) is 0 Å². The van der Waals surface area contributed by atoms with Crippen molar-refractivity contribution in [1.29, 1.82) is 0 Å². The summed E-state index contributed by atoms with van der Waals surface area (Å²) in [6, 6.07) is 0. The molecule has 8 nitrogen and oxygen atoms in total. The standard InChI is InChI=1S/Al.Ca.Mg.HO4Si.O4Si/c;;;2*1-5(2,3)4/h;;;1H;/q+3;2*+2;-3;-4. The third-order valence-corrected chi connectivity index (χ3v) is 0. The Hall–Kier alpha value is 2.67. The Labute approximate surface area is 133 Å². The molecule has 0 radical (unpaired) electrons. The van der Waals surface area contributed by atoms with Crippen molar-refractivity contribution in [3.8, 4) is 0 Å². The molecule has 0 aliphatic rings. The molecule has 0 heterocycles. The van der Waals surface area contributed by atoms with Gasteiger partial charge in [0, 0.05) is 0 Å². The molecule has 13 heteroatoms. The van der Waals surface area contributed by atoms with Crippen LogP contribution in [0.1, 0.15) is 0 Å². The van der Waals surface area contributed by atoms with Crippen LogP contribution in [0.4, 0.5) is 0 Å². The topological polar surface area (TPSA) is 182 Å². The van der Waals surface area contributed by atoms with Gasteiger partial charge in [0.25, 0.3) is 0 Å². The molecular weight excluding hydrogens is 276 g/mol. The van der Waals surface area contributed by atoms with Gasteiger partial charge in [0.1, 0.15) is 0 Å². The minimum absolute atomic E-state index is 0. The fraction of sp³-hybridized carbons (Fsp3) is 0. The van der Waals surface area contributed by atoms with Crippen molar-refractivity contribution in [1.82, 2.24) is 0 Å². The Bertz CT molecular complexity index is 65.1. The molecule has 0 unspecified atom stereocenters. The molecule has 0 aliphatic carbocycles. The Morgan fingerprint density at radius 2 is 0.769 bits per heavy atom. The zero-order valence-corrected chi connectivity index (χ0v) is 13.1. The first-order valence-electron chi connectivity index (χ1n) is 1.65. The van der Waals surface area contributed by atoms with Gasteiger partial charge in [-0.15, -0.1) is 9.05 Å². The molecule has 13 heavy (non-hydrogen) atoms. The Morgan fingerprint density at radius 1 is 0.769 bits per heavy atom. The molecule has 0 aromatic rings. The maximum atomic E-state index is 8.69. The van der Waals surface area contributed by atoms with Crippen LogP contribution in [0.3, 0.4) is 0 Å². The van der Waals surface area contributed by atoms with Crippen LogP contribution < -0.4 is 33.6 Å². The molecule has 1 N–H and O–H groups in total. The molecule has 0 saturated carbocycles. The van der Waals surface area contributed by atoms with Gasteiger partial charge in [-0.2, -0.15) is 0 Å². The third-order valence-electron chi connectivity index (χ3n) is 0. The first-order valence-corrected chi connectivity index (χ1v) is 4.96. The molecular formula is HAlCaMgO8Si2. The molecule has 0 fully saturated rings. The van der Waals surface area contributed by atoms with E-state index in [1.54, 1.807) is 0 Å². The second-order valence-corrected chi connectivity index (χ2v) is 3.07. The van der Waals surface area contributed by atoms with E-state index >= 15 is 0 Å². The van der Waals surface area contributed by atoms with Crippen molar-refractivity contribution >= 4 is 96.2 Å². The average molecular weight is 277 g/mol. The van der Waals surface area contributed by atoms with Gasteiger partial charge in [-0.25, -0.2) is 0 Å². The van der Waals surface area contributed by atoms with Crippen LogP contribution in [0.15, 0.2) is 0 Å². The van der Waals surface area contributed by atoms with Crippen LogP contribution in [-0.2, 0) is 0 Å². The summed E-state index contributed by atoms with van der Waals surface area (Å²) in [7, 11) is -11.0. The molecule has 0 amide bonds. The van der Waals surface area contributed by atoms with Crippen LogP contribution in [0, 0.1) is 0 Å². The van der Waals surface area contributed by atoms with Crippen molar-refractivity contribution in [3.63, 3.8) is 0 Å². The second-order valence-electron chi connectivity index (χ2n) is 1.02. The molecule has 0 aromatic heterocycles. The molecule has 64 valence electrons. The zero-order valence-electron chi connectivity index (χ0n) is 6.30. The number of hydrogen-bond donors (Lipinski definition) is 1. The van der Waals surface area contributed by atoms with Gasteiger partial charge >= 0.3 is 78.2 Å². The van der Waals surface area contributed by atoms with E-state index in [1.807, 2.05) is 0 Å². The molecule has 0 aromatic carbocycles. The molecule has 0 rings (SSSR count). The maximum Gasteiger partial charge on any atom is 3.00 e. The van der Waals surface area contributed by atoms with Gasteiger partial charge < -0.3 is 47.4 Å². The second kappa shape index (κ2) is 12.7. The predicted octanol–water partition coefficient (Wildman–Crippen LogP) is -10.8. The van der Waals surface area contributed by atoms with Gasteiger partial charge in [-0.05, 0) is 0 Å². The zero-order chi connectivity index (χ0) is 9.00. The summed E-state index contributed by atoms with van der Waals surface area (Å²) in [4.78, 5) is 67.4. The van der Waals surface area contributed by atoms with Crippen LogP contribution in [-0.4, -0.2) is 101 Å². The molecule has 0 aliphatic heterocycles. The summed E-state index contributed by atoms with van der Waals surface area (Å²) >= 11 is 0. The van der Waals surface area contributed by atoms with Gasteiger partial charge in [-0.1, -0.05) is 0 Å². The maximum absolute atomic E-state index is 8.69. The minimum atomic E-state index is -5.61. The van der Waals surface area contributed by atoms with Crippen molar-refractivity contribution < 1.29 is 38.4 Å². The van der Waals surface area contributed by atoms with E-state index in [2.05, 4.69) is 0 Å². The smallest absolute Gasteiger partial charge is 0.894 e. The largest absolute Gasteiger partial charge is 3.00 e. The minimum Gasteiger partial charge on any atom is -0.894 e. The van der Waals surface area contributed by atoms with Crippen LogP contribution in [0.5, 0.6) is 0 Å². The summed E-state index contributed by atoms with van der Waals surface area (Å²) in [6.45, 7) is 0. The van der Waals surface area contributed by atoms with E-state index in [0.717, 1.165) is 0 Å². The first-order chi connectivity index (χ1) is 4.00. The molecule has 0 saturated heterocycles. The predicted molar refractivity (Wildman–Crippen MR) is 31.0 cm³/mol. The SMILES string of the molecule is [Al+3].[Ca+2].[Mg+2].[O-][Si]([O-])([O-])O.[O-][Si]([O-])([O-])[O-]. The monoisotopic (exact) mass is 276 g/mol. The van der Waals surface area contributed by atoms with Crippen LogP contribution in [0.25, 0.3) is 0 Å². The van der Waals surface area contributed by atoms with E-state index in [1.165, 1.54) is 0 Å². The van der Waals surface area contributed by atoms with Crippen LogP contribution in [0.2, 0.25) is 0 Å². The van der Waals surface area contributed by atoms with Crippen molar-refractivity contribution in [3.05, 3.63) is 0 Å². The molecule has 0 bridgehead atoms. The normalized spacial score (nSPS) is 9.23. The van der Waals surface area contributed by atoms with E-state index in [0.29, 0.717) is 0 Å². The number of rotatable bonds is 0. The van der Waals surface area contributed by atoms with E-state index < -0.39 is 18.1 Å². The third kappa shape index (κ3) is 330. The van der Waals surface area contributed by atoms with E-state index in [-0.39, 0.29) is 78.2 Å². The quantitative estimate of drug-likeness (QED) is 0.423. The van der Waals surface area contributed by atoms with E-state index in [9.17, 15) is 0 Å². The average Bonchev–Trinajstić information content (AvgIpc) is 1.12.